The molecule has 6 heteroatoms. The number of benzene rings is 1. The number of carbonyl (C=O) groups is 2. The minimum Gasteiger partial charge on any atom is -0.376 e. The molecule has 1 fully saturated rings. The number of aromatic nitrogens is 1. The van der Waals surface area contributed by atoms with Crippen LogP contribution in [0.3, 0.4) is 0 Å². The smallest absolute Gasteiger partial charge is 0.251 e. The van der Waals surface area contributed by atoms with Gasteiger partial charge < -0.3 is 15.4 Å². The zero-order valence-corrected chi connectivity index (χ0v) is 13.9. The summed E-state index contributed by atoms with van der Waals surface area (Å²) >= 11 is 0. The highest BCUT2D eigenvalue weighted by atomic mass is 16.5. The van der Waals surface area contributed by atoms with E-state index in [0.717, 1.165) is 25.1 Å². The molecule has 2 aromatic rings. The van der Waals surface area contributed by atoms with Crippen molar-refractivity contribution >= 4 is 11.8 Å². The Hall–Kier alpha value is -2.73. The molecule has 0 radical (unpaired) electrons. The van der Waals surface area contributed by atoms with E-state index in [1.54, 1.807) is 30.5 Å². The molecule has 1 aliphatic rings. The molecule has 130 valence electrons. The molecule has 0 aliphatic carbocycles. The van der Waals surface area contributed by atoms with Crippen molar-refractivity contribution in [3.05, 3.63) is 65.5 Å². The van der Waals surface area contributed by atoms with Crippen LogP contribution in [0.2, 0.25) is 0 Å². The first-order valence-electron chi connectivity index (χ1n) is 8.40. The van der Waals surface area contributed by atoms with Crippen molar-refractivity contribution in [1.82, 2.24) is 15.6 Å². The monoisotopic (exact) mass is 339 g/mol. The van der Waals surface area contributed by atoms with Crippen molar-refractivity contribution in [3.63, 3.8) is 0 Å². The Balaban J connectivity index is 1.50. The summed E-state index contributed by atoms with van der Waals surface area (Å²) in [6, 6.07) is 12.2. The summed E-state index contributed by atoms with van der Waals surface area (Å²) in [7, 11) is 0. The molecule has 1 aliphatic heterocycles. The molecule has 1 aromatic carbocycles. The summed E-state index contributed by atoms with van der Waals surface area (Å²) in [6.07, 6.45) is 3.82. The number of ether oxygens (including phenoxy) is 1. The number of nitrogens with one attached hydrogen (secondary N) is 2. The average Bonchev–Trinajstić information content (AvgIpc) is 3.19. The van der Waals surface area contributed by atoms with Crippen molar-refractivity contribution in [1.29, 1.82) is 0 Å². The van der Waals surface area contributed by atoms with E-state index in [9.17, 15) is 9.59 Å². The summed E-state index contributed by atoms with van der Waals surface area (Å²) in [5, 5.41) is 5.67. The molecule has 1 saturated heterocycles. The molecule has 0 bridgehead atoms. The fourth-order valence-electron chi connectivity index (χ4n) is 2.66. The third-order valence-electron chi connectivity index (χ3n) is 4.08. The van der Waals surface area contributed by atoms with Crippen molar-refractivity contribution < 1.29 is 14.3 Å². The highest BCUT2D eigenvalue weighted by Crippen LogP contribution is 2.11. The Kier molecular flexibility index (Phi) is 5.74. The van der Waals surface area contributed by atoms with Gasteiger partial charge in [-0.1, -0.05) is 6.07 Å². The molecule has 1 aromatic heterocycles. The number of amides is 2. The lowest BCUT2D eigenvalue weighted by Gasteiger charge is -2.11. The van der Waals surface area contributed by atoms with E-state index in [0.29, 0.717) is 24.2 Å². The Morgan fingerprint density at radius 2 is 1.76 bits per heavy atom. The Bertz CT molecular complexity index is 710. The SMILES string of the molecule is O=C(NCc1ccccn1)c1ccc(C(=O)NCC2CCCO2)cc1. The average molecular weight is 339 g/mol. The predicted molar refractivity (Wildman–Crippen MR) is 93.2 cm³/mol. The van der Waals surface area contributed by atoms with Crippen LogP contribution in [0.5, 0.6) is 0 Å². The van der Waals surface area contributed by atoms with E-state index in [4.69, 9.17) is 4.74 Å². The first kappa shape index (κ1) is 17.1. The van der Waals surface area contributed by atoms with Crippen LogP contribution < -0.4 is 10.6 Å². The van der Waals surface area contributed by atoms with E-state index in [1.165, 1.54) is 0 Å². The minimum atomic E-state index is -0.197. The molecule has 1 atom stereocenters. The molecule has 2 amide bonds. The van der Waals surface area contributed by atoms with Crippen molar-refractivity contribution in [3.8, 4) is 0 Å². The van der Waals surface area contributed by atoms with Crippen LogP contribution in [0.1, 0.15) is 39.3 Å². The Morgan fingerprint density at radius 3 is 2.36 bits per heavy atom. The second-order valence-electron chi connectivity index (χ2n) is 5.93. The molecular formula is C19H21N3O3. The van der Waals surface area contributed by atoms with Gasteiger partial charge in [-0.15, -0.1) is 0 Å². The summed E-state index contributed by atoms with van der Waals surface area (Å²) in [5.41, 5.74) is 1.83. The van der Waals surface area contributed by atoms with Crippen LogP contribution in [0, 0.1) is 0 Å². The minimum absolute atomic E-state index is 0.112. The third-order valence-corrected chi connectivity index (χ3v) is 4.08. The van der Waals surface area contributed by atoms with Gasteiger partial charge in [-0.2, -0.15) is 0 Å². The Labute approximate surface area is 146 Å². The van der Waals surface area contributed by atoms with E-state index in [2.05, 4.69) is 15.6 Å². The van der Waals surface area contributed by atoms with Crippen LogP contribution in [-0.4, -0.2) is 36.1 Å². The second kappa shape index (κ2) is 8.39. The van der Waals surface area contributed by atoms with Crippen LogP contribution in [0.25, 0.3) is 0 Å². The number of rotatable bonds is 6. The first-order chi connectivity index (χ1) is 12.2. The Morgan fingerprint density at radius 1 is 1.04 bits per heavy atom. The van der Waals surface area contributed by atoms with Gasteiger partial charge in [0.15, 0.2) is 0 Å². The van der Waals surface area contributed by atoms with Crippen LogP contribution in [0.15, 0.2) is 48.7 Å². The quantitative estimate of drug-likeness (QED) is 0.843. The second-order valence-corrected chi connectivity index (χ2v) is 5.93. The van der Waals surface area contributed by atoms with Crippen molar-refractivity contribution in [2.75, 3.05) is 13.2 Å². The molecule has 0 saturated carbocycles. The standard InChI is InChI=1S/C19H21N3O3/c23-18(21-12-16-4-1-2-10-20-16)14-6-8-15(9-7-14)19(24)22-13-17-5-3-11-25-17/h1-2,4,6-10,17H,3,5,11-13H2,(H,21,23)(H,22,24). The topological polar surface area (TPSA) is 80.3 Å². The number of nitrogens with zero attached hydrogens (tertiary/aromatic N) is 1. The summed E-state index contributed by atoms with van der Waals surface area (Å²) < 4.78 is 5.48. The summed E-state index contributed by atoms with van der Waals surface area (Å²) in [6.45, 7) is 1.65. The molecule has 3 rings (SSSR count). The summed E-state index contributed by atoms with van der Waals surface area (Å²) in [4.78, 5) is 28.4. The van der Waals surface area contributed by atoms with Gasteiger partial charge >= 0.3 is 0 Å². The lowest BCUT2D eigenvalue weighted by molar-refractivity contribution is 0.0857. The maximum Gasteiger partial charge on any atom is 0.251 e. The van der Waals surface area contributed by atoms with Crippen LogP contribution in [0.4, 0.5) is 0 Å². The zero-order chi connectivity index (χ0) is 17.5. The van der Waals surface area contributed by atoms with Gasteiger partial charge in [-0.05, 0) is 49.2 Å². The number of hydrogen-bond donors (Lipinski definition) is 2. The van der Waals surface area contributed by atoms with Gasteiger partial charge in [0.25, 0.3) is 11.8 Å². The molecule has 25 heavy (non-hydrogen) atoms. The lowest BCUT2D eigenvalue weighted by atomic mass is 10.1. The zero-order valence-electron chi connectivity index (χ0n) is 13.9. The lowest BCUT2D eigenvalue weighted by Crippen LogP contribution is -2.31. The molecule has 2 heterocycles. The van der Waals surface area contributed by atoms with Crippen molar-refractivity contribution in [2.45, 2.75) is 25.5 Å². The van der Waals surface area contributed by atoms with Gasteiger partial charge in [0, 0.05) is 30.5 Å². The fraction of sp³-hybridized carbons (Fsp3) is 0.316. The van der Waals surface area contributed by atoms with Crippen molar-refractivity contribution in [2.24, 2.45) is 0 Å². The normalized spacial score (nSPS) is 16.4. The predicted octanol–water partition coefficient (Wildman–Crippen LogP) is 1.92. The molecule has 1 unspecified atom stereocenters. The maximum atomic E-state index is 12.1. The first-order valence-corrected chi connectivity index (χ1v) is 8.40. The van der Waals surface area contributed by atoms with Crippen LogP contribution >= 0.6 is 0 Å². The summed E-state index contributed by atoms with van der Waals surface area (Å²) in [5.74, 6) is -0.354. The number of carbonyl (C=O) groups excluding carboxylic acids is 2. The van der Waals surface area contributed by atoms with Gasteiger partial charge in [-0.25, -0.2) is 0 Å². The highest BCUT2D eigenvalue weighted by Gasteiger charge is 2.16. The molecule has 6 nitrogen and oxygen atoms in total. The van der Waals surface area contributed by atoms with E-state index in [-0.39, 0.29) is 17.9 Å². The van der Waals surface area contributed by atoms with Gasteiger partial charge in [0.05, 0.1) is 18.3 Å². The van der Waals surface area contributed by atoms with Crippen LogP contribution in [-0.2, 0) is 11.3 Å². The van der Waals surface area contributed by atoms with Gasteiger partial charge in [-0.3, -0.25) is 14.6 Å². The van der Waals surface area contributed by atoms with E-state index in [1.807, 2.05) is 18.2 Å². The van der Waals surface area contributed by atoms with E-state index < -0.39 is 0 Å². The van der Waals surface area contributed by atoms with Gasteiger partial charge in [0.1, 0.15) is 0 Å². The highest BCUT2D eigenvalue weighted by molar-refractivity contribution is 5.97. The molecular weight excluding hydrogens is 318 g/mol. The third kappa shape index (κ3) is 4.87. The van der Waals surface area contributed by atoms with Gasteiger partial charge in [0.2, 0.25) is 0 Å². The molecule has 2 N–H and O–H groups in total. The maximum absolute atomic E-state index is 12.1. The molecule has 0 spiro atoms. The fourth-order valence-corrected chi connectivity index (χ4v) is 2.66. The largest absolute Gasteiger partial charge is 0.376 e. The number of pyridine rings is 1. The number of hydrogen-bond acceptors (Lipinski definition) is 4. The van der Waals surface area contributed by atoms with E-state index >= 15 is 0 Å².